The van der Waals surface area contributed by atoms with E-state index in [-0.39, 0.29) is 0 Å². The van der Waals surface area contributed by atoms with Crippen LogP contribution in [-0.4, -0.2) is 5.91 Å². The predicted octanol–water partition coefficient (Wildman–Crippen LogP) is 3.29. The van der Waals surface area contributed by atoms with Crippen molar-refractivity contribution in [1.82, 2.24) is 0 Å². The number of hydrogen-bond acceptors (Lipinski definition) is 2. The van der Waals surface area contributed by atoms with Crippen molar-refractivity contribution in [3.05, 3.63) is 64.7 Å². The fourth-order valence-electron chi connectivity index (χ4n) is 1.86. The van der Waals surface area contributed by atoms with Crippen molar-refractivity contribution in [3.8, 4) is 0 Å². The van der Waals surface area contributed by atoms with Gasteiger partial charge in [0.05, 0.1) is 0 Å². The molecule has 1 amide bonds. The highest BCUT2D eigenvalue weighted by Gasteiger charge is 2.17. The highest BCUT2D eigenvalue weighted by molar-refractivity contribution is 6.30. The van der Waals surface area contributed by atoms with Crippen molar-refractivity contribution in [2.45, 2.75) is 13.0 Å². The molecule has 0 bridgehead atoms. The third-order valence-corrected chi connectivity index (χ3v) is 3.18. The van der Waals surface area contributed by atoms with Crippen LogP contribution in [0.2, 0.25) is 5.02 Å². The van der Waals surface area contributed by atoms with Gasteiger partial charge in [-0.25, -0.2) is 0 Å². The highest BCUT2D eigenvalue weighted by Crippen LogP contribution is 2.23. The lowest BCUT2D eigenvalue weighted by atomic mass is 10.1. The summed E-state index contributed by atoms with van der Waals surface area (Å²) >= 11 is 5.84. The molecule has 2 aromatic rings. The van der Waals surface area contributed by atoms with E-state index in [1.54, 1.807) is 24.3 Å². The second-order valence-electron chi connectivity index (χ2n) is 4.35. The molecule has 0 heterocycles. The zero-order valence-corrected chi connectivity index (χ0v) is 11.3. The molecule has 0 aliphatic carbocycles. The van der Waals surface area contributed by atoms with E-state index in [0.29, 0.717) is 5.02 Å². The van der Waals surface area contributed by atoms with Crippen LogP contribution >= 0.6 is 11.6 Å². The molecule has 0 fully saturated rings. The maximum Gasteiger partial charge on any atom is 0.244 e. The second kappa shape index (κ2) is 5.76. The van der Waals surface area contributed by atoms with Crippen LogP contribution in [0.15, 0.2) is 48.5 Å². The van der Waals surface area contributed by atoms with E-state index >= 15 is 0 Å². The number of carbonyl (C=O) groups excluding carboxylic acids is 1. The van der Waals surface area contributed by atoms with Crippen molar-refractivity contribution in [3.63, 3.8) is 0 Å². The molecule has 3 N–H and O–H groups in total. The normalized spacial score (nSPS) is 11.9. The van der Waals surface area contributed by atoms with Crippen LogP contribution in [0.1, 0.15) is 17.2 Å². The number of nitrogens with one attached hydrogen (secondary N) is 1. The Kier molecular flexibility index (Phi) is 4.07. The lowest BCUT2D eigenvalue weighted by Crippen LogP contribution is -2.27. The number of nitrogens with two attached hydrogens (primary N) is 1. The number of primary amides is 1. The Morgan fingerprint density at radius 1 is 1.16 bits per heavy atom. The van der Waals surface area contributed by atoms with Crippen molar-refractivity contribution in [2.24, 2.45) is 5.73 Å². The van der Waals surface area contributed by atoms with Crippen molar-refractivity contribution in [1.29, 1.82) is 0 Å². The lowest BCUT2D eigenvalue weighted by molar-refractivity contribution is -0.118. The zero-order valence-electron chi connectivity index (χ0n) is 10.6. The van der Waals surface area contributed by atoms with E-state index in [4.69, 9.17) is 17.3 Å². The lowest BCUT2D eigenvalue weighted by Gasteiger charge is -2.18. The van der Waals surface area contributed by atoms with Gasteiger partial charge in [0.1, 0.15) is 6.04 Å². The molecule has 0 saturated carbocycles. The van der Waals surface area contributed by atoms with Crippen molar-refractivity contribution in [2.75, 3.05) is 5.32 Å². The number of anilines is 1. The van der Waals surface area contributed by atoms with Crippen molar-refractivity contribution >= 4 is 23.2 Å². The number of para-hydroxylation sites is 1. The Bertz CT molecular complexity index is 581. The molecule has 1 atom stereocenters. The molecular weight excluding hydrogens is 260 g/mol. The summed E-state index contributed by atoms with van der Waals surface area (Å²) in [6, 6.07) is 14.3. The Hall–Kier alpha value is -2.00. The minimum absolute atomic E-state index is 0.425. The van der Waals surface area contributed by atoms with Gasteiger partial charge in [-0.3, -0.25) is 4.79 Å². The first-order valence-corrected chi connectivity index (χ1v) is 6.32. The monoisotopic (exact) mass is 274 g/mol. The molecule has 2 rings (SSSR count). The number of halogens is 1. The quantitative estimate of drug-likeness (QED) is 0.899. The van der Waals surface area contributed by atoms with Gasteiger partial charge in [-0.15, -0.1) is 0 Å². The SMILES string of the molecule is Cc1ccccc1NC(C(N)=O)c1ccc(Cl)cc1. The topological polar surface area (TPSA) is 55.1 Å². The van der Waals surface area contributed by atoms with Crippen LogP contribution in [0.3, 0.4) is 0 Å². The molecular formula is C15H15ClN2O. The van der Waals surface area contributed by atoms with Gasteiger partial charge in [0.15, 0.2) is 0 Å². The minimum atomic E-state index is -0.571. The van der Waals surface area contributed by atoms with Crippen LogP contribution in [0.5, 0.6) is 0 Å². The third-order valence-electron chi connectivity index (χ3n) is 2.93. The summed E-state index contributed by atoms with van der Waals surface area (Å²) in [6.07, 6.45) is 0. The molecule has 3 nitrogen and oxygen atoms in total. The summed E-state index contributed by atoms with van der Waals surface area (Å²) in [7, 11) is 0. The third kappa shape index (κ3) is 3.26. The molecule has 1 unspecified atom stereocenters. The van der Waals surface area contributed by atoms with Crippen LogP contribution in [0, 0.1) is 6.92 Å². The first-order chi connectivity index (χ1) is 9.08. The Morgan fingerprint density at radius 2 is 1.79 bits per heavy atom. The minimum Gasteiger partial charge on any atom is -0.370 e. The fraction of sp³-hybridized carbons (Fsp3) is 0.133. The summed E-state index contributed by atoms with van der Waals surface area (Å²) in [5.74, 6) is -0.425. The average molecular weight is 275 g/mol. The predicted molar refractivity (Wildman–Crippen MR) is 78.2 cm³/mol. The van der Waals surface area contributed by atoms with E-state index in [2.05, 4.69) is 5.32 Å². The summed E-state index contributed by atoms with van der Waals surface area (Å²) in [5, 5.41) is 3.79. The largest absolute Gasteiger partial charge is 0.370 e. The number of carbonyl (C=O) groups is 1. The van der Waals surface area contributed by atoms with E-state index in [1.165, 1.54) is 0 Å². The smallest absolute Gasteiger partial charge is 0.244 e. The van der Waals surface area contributed by atoms with Gasteiger partial charge in [0.25, 0.3) is 0 Å². The van der Waals surface area contributed by atoms with Gasteiger partial charge in [-0.2, -0.15) is 0 Å². The molecule has 0 aromatic heterocycles. The van der Waals surface area contributed by atoms with Crippen LogP contribution in [-0.2, 0) is 4.79 Å². The Morgan fingerprint density at radius 3 is 2.37 bits per heavy atom. The molecule has 4 heteroatoms. The standard InChI is InChI=1S/C15H15ClN2O/c1-10-4-2-3-5-13(10)18-14(15(17)19)11-6-8-12(16)9-7-11/h2-9,14,18H,1H3,(H2,17,19). The summed E-state index contributed by atoms with van der Waals surface area (Å²) < 4.78 is 0. The number of rotatable bonds is 4. The summed E-state index contributed by atoms with van der Waals surface area (Å²) in [6.45, 7) is 1.97. The first-order valence-electron chi connectivity index (χ1n) is 5.95. The molecule has 0 aliphatic heterocycles. The van der Waals surface area contributed by atoms with E-state index in [0.717, 1.165) is 16.8 Å². The van der Waals surface area contributed by atoms with Crippen LogP contribution in [0.4, 0.5) is 5.69 Å². The molecule has 98 valence electrons. The first kappa shape index (κ1) is 13.4. The Labute approximate surface area is 117 Å². The summed E-state index contributed by atoms with van der Waals surface area (Å²) in [5.41, 5.74) is 8.21. The molecule has 19 heavy (non-hydrogen) atoms. The van der Waals surface area contributed by atoms with Gasteiger partial charge >= 0.3 is 0 Å². The van der Waals surface area contributed by atoms with Crippen LogP contribution in [0.25, 0.3) is 0 Å². The van der Waals surface area contributed by atoms with Gasteiger partial charge in [0, 0.05) is 10.7 Å². The number of amides is 1. The van der Waals surface area contributed by atoms with Gasteiger partial charge in [-0.1, -0.05) is 41.9 Å². The fourth-order valence-corrected chi connectivity index (χ4v) is 1.99. The van der Waals surface area contributed by atoms with E-state index in [1.807, 2.05) is 31.2 Å². The zero-order chi connectivity index (χ0) is 13.8. The maximum atomic E-state index is 11.6. The number of benzene rings is 2. The number of hydrogen-bond donors (Lipinski definition) is 2. The average Bonchev–Trinajstić information content (AvgIpc) is 2.39. The molecule has 0 aliphatic rings. The molecule has 0 spiro atoms. The second-order valence-corrected chi connectivity index (χ2v) is 4.78. The Balaban J connectivity index is 2.29. The highest BCUT2D eigenvalue weighted by atomic mass is 35.5. The van der Waals surface area contributed by atoms with Crippen molar-refractivity contribution < 1.29 is 4.79 Å². The van der Waals surface area contributed by atoms with Gasteiger partial charge in [0.2, 0.25) is 5.91 Å². The summed E-state index contributed by atoms with van der Waals surface area (Å²) in [4.78, 5) is 11.6. The molecule has 2 aromatic carbocycles. The maximum absolute atomic E-state index is 11.6. The molecule has 0 saturated heterocycles. The van der Waals surface area contributed by atoms with E-state index < -0.39 is 11.9 Å². The van der Waals surface area contributed by atoms with E-state index in [9.17, 15) is 4.79 Å². The number of aryl methyl sites for hydroxylation is 1. The molecule has 0 radical (unpaired) electrons. The van der Waals surface area contributed by atoms with Crippen LogP contribution < -0.4 is 11.1 Å². The van der Waals surface area contributed by atoms with Gasteiger partial charge in [-0.05, 0) is 36.2 Å². The van der Waals surface area contributed by atoms with Gasteiger partial charge < -0.3 is 11.1 Å².